The molecule has 0 amide bonds. The van der Waals surface area contributed by atoms with Crippen LogP contribution in [-0.2, 0) is 11.2 Å². The molecule has 0 N–H and O–H groups in total. The molecule has 0 aliphatic carbocycles. The summed E-state index contributed by atoms with van der Waals surface area (Å²) in [5.74, 6) is -0.111. The van der Waals surface area contributed by atoms with E-state index in [4.69, 9.17) is 0 Å². The van der Waals surface area contributed by atoms with E-state index in [1.807, 2.05) is 0 Å². The van der Waals surface area contributed by atoms with Gasteiger partial charge in [0.25, 0.3) is 5.69 Å². The first-order valence-corrected chi connectivity index (χ1v) is 5.66. The van der Waals surface area contributed by atoms with Crippen molar-refractivity contribution in [2.24, 2.45) is 5.92 Å². The molecular formula is C11H12BrNO3. The van der Waals surface area contributed by atoms with E-state index in [0.29, 0.717) is 5.56 Å². The summed E-state index contributed by atoms with van der Waals surface area (Å²) >= 11 is 3.24. The smallest absolute Gasteiger partial charge is 0.273 e. The fraction of sp³-hybridized carbons (Fsp3) is 0.364. The van der Waals surface area contributed by atoms with Crippen LogP contribution in [0.15, 0.2) is 22.7 Å². The van der Waals surface area contributed by atoms with Crippen molar-refractivity contribution in [2.75, 3.05) is 0 Å². The van der Waals surface area contributed by atoms with Crippen molar-refractivity contribution < 1.29 is 9.72 Å². The quantitative estimate of drug-likeness (QED) is 0.631. The Morgan fingerprint density at radius 2 is 2.12 bits per heavy atom. The van der Waals surface area contributed by atoms with Crippen molar-refractivity contribution in [1.82, 2.24) is 0 Å². The normalized spacial score (nSPS) is 10.5. The van der Waals surface area contributed by atoms with Gasteiger partial charge < -0.3 is 0 Å². The van der Waals surface area contributed by atoms with Gasteiger partial charge in [-0.2, -0.15) is 0 Å². The maximum atomic E-state index is 11.6. The first kappa shape index (κ1) is 12.8. The molecule has 0 aliphatic heterocycles. The topological polar surface area (TPSA) is 60.2 Å². The predicted octanol–water partition coefficient (Wildman–Crippen LogP) is 3.12. The van der Waals surface area contributed by atoms with Crippen molar-refractivity contribution in [3.05, 3.63) is 38.3 Å². The van der Waals surface area contributed by atoms with Crippen LogP contribution in [0.25, 0.3) is 0 Å². The van der Waals surface area contributed by atoms with Gasteiger partial charge in [-0.1, -0.05) is 29.8 Å². The van der Waals surface area contributed by atoms with Gasteiger partial charge in [0.1, 0.15) is 5.78 Å². The van der Waals surface area contributed by atoms with E-state index in [-0.39, 0.29) is 23.8 Å². The van der Waals surface area contributed by atoms with E-state index < -0.39 is 4.92 Å². The van der Waals surface area contributed by atoms with Crippen LogP contribution in [0.1, 0.15) is 19.4 Å². The van der Waals surface area contributed by atoms with Crippen LogP contribution in [0, 0.1) is 16.0 Å². The molecule has 0 fully saturated rings. The number of hydrogen-bond donors (Lipinski definition) is 0. The highest BCUT2D eigenvalue weighted by Crippen LogP contribution is 2.24. The van der Waals surface area contributed by atoms with E-state index in [1.165, 1.54) is 6.07 Å². The van der Waals surface area contributed by atoms with Gasteiger partial charge in [0.05, 0.1) is 4.92 Å². The monoisotopic (exact) mass is 285 g/mol. The van der Waals surface area contributed by atoms with Crippen LogP contribution >= 0.6 is 15.9 Å². The molecule has 0 aliphatic rings. The average molecular weight is 286 g/mol. The summed E-state index contributed by atoms with van der Waals surface area (Å²) in [4.78, 5) is 21.9. The Labute approximate surface area is 102 Å². The zero-order valence-electron chi connectivity index (χ0n) is 9.07. The van der Waals surface area contributed by atoms with E-state index >= 15 is 0 Å². The van der Waals surface area contributed by atoms with E-state index in [1.54, 1.807) is 26.0 Å². The highest BCUT2D eigenvalue weighted by molar-refractivity contribution is 9.10. The molecule has 0 unspecified atom stereocenters. The number of carbonyl (C=O) groups is 1. The second-order valence-electron chi connectivity index (χ2n) is 3.83. The van der Waals surface area contributed by atoms with Crippen molar-refractivity contribution in [3.8, 4) is 0 Å². The molecule has 0 heterocycles. The second-order valence-corrected chi connectivity index (χ2v) is 4.74. The average Bonchev–Trinajstić information content (AvgIpc) is 2.16. The fourth-order valence-electron chi connectivity index (χ4n) is 1.27. The fourth-order valence-corrected chi connectivity index (χ4v) is 1.67. The van der Waals surface area contributed by atoms with Crippen LogP contribution in [0.5, 0.6) is 0 Å². The largest absolute Gasteiger partial charge is 0.299 e. The number of carbonyl (C=O) groups excluding carboxylic acids is 1. The standard InChI is InChI=1S/C11H12BrNO3/c1-7(2)11(14)6-8-5-9(12)3-4-10(8)13(15)16/h3-5,7H,6H2,1-2H3. The van der Waals surface area contributed by atoms with Crippen LogP contribution in [-0.4, -0.2) is 10.7 Å². The van der Waals surface area contributed by atoms with Gasteiger partial charge in [-0.05, 0) is 12.1 Å². The highest BCUT2D eigenvalue weighted by atomic mass is 79.9. The number of halogens is 1. The number of nitro benzene ring substituents is 1. The van der Waals surface area contributed by atoms with Gasteiger partial charge in [-0.25, -0.2) is 0 Å². The van der Waals surface area contributed by atoms with Crippen LogP contribution < -0.4 is 0 Å². The molecule has 1 aromatic carbocycles. The van der Waals surface area contributed by atoms with E-state index in [0.717, 1.165) is 4.47 Å². The lowest BCUT2D eigenvalue weighted by Crippen LogP contribution is -2.11. The van der Waals surface area contributed by atoms with Crippen LogP contribution in [0.2, 0.25) is 0 Å². The number of nitro groups is 1. The zero-order chi connectivity index (χ0) is 12.3. The van der Waals surface area contributed by atoms with Crippen molar-refractivity contribution in [3.63, 3.8) is 0 Å². The first-order chi connectivity index (χ1) is 7.41. The van der Waals surface area contributed by atoms with Crippen molar-refractivity contribution in [1.29, 1.82) is 0 Å². The molecule has 86 valence electrons. The minimum absolute atomic E-state index is 0.00111. The van der Waals surface area contributed by atoms with Gasteiger partial charge in [-0.15, -0.1) is 0 Å². The second kappa shape index (κ2) is 5.21. The molecule has 0 atom stereocenters. The molecule has 0 aromatic heterocycles. The lowest BCUT2D eigenvalue weighted by atomic mass is 10.00. The Hall–Kier alpha value is -1.23. The minimum Gasteiger partial charge on any atom is -0.299 e. The number of ketones is 1. The molecule has 5 heteroatoms. The number of benzene rings is 1. The summed E-state index contributed by atoms with van der Waals surface area (Å²) in [5.41, 5.74) is 0.454. The Bertz CT molecular complexity index is 429. The number of rotatable bonds is 4. The molecular weight excluding hydrogens is 274 g/mol. The highest BCUT2D eigenvalue weighted by Gasteiger charge is 2.18. The minimum atomic E-state index is -0.463. The molecule has 4 nitrogen and oxygen atoms in total. The Balaban J connectivity index is 3.06. The van der Waals surface area contributed by atoms with Gasteiger partial charge in [0.15, 0.2) is 0 Å². The lowest BCUT2D eigenvalue weighted by molar-refractivity contribution is -0.385. The van der Waals surface area contributed by atoms with Crippen molar-refractivity contribution in [2.45, 2.75) is 20.3 Å². The third-order valence-corrected chi connectivity index (χ3v) is 2.74. The summed E-state index contributed by atoms with van der Waals surface area (Å²) in [7, 11) is 0. The summed E-state index contributed by atoms with van der Waals surface area (Å²) in [6, 6.07) is 4.63. The molecule has 0 saturated carbocycles. The third-order valence-electron chi connectivity index (χ3n) is 2.25. The van der Waals surface area contributed by atoms with Gasteiger partial charge in [0, 0.05) is 28.4 Å². The molecule has 0 bridgehead atoms. The molecule has 0 radical (unpaired) electrons. The Morgan fingerprint density at radius 1 is 1.50 bits per heavy atom. The lowest BCUT2D eigenvalue weighted by Gasteiger charge is -2.05. The van der Waals surface area contributed by atoms with Crippen LogP contribution in [0.4, 0.5) is 5.69 Å². The molecule has 1 aromatic rings. The van der Waals surface area contributed by atoms with E-state index in [2.05, 4.69) is 15.9 Å². The summed E-state index contributed by atoms with van der Waals surface area (Å²) in [6.45, 7) is 3.57. The predicted molar refractivity (Wildman–Crippen MR) is 64.3 cm³/mol. The SMILES string of the molecule is CC(C)C(=O)Cc1cc(Br)ccc1[N+](=O)[O-]. The summed E-state index contributed by atoms with van der Waals surface area (Å²) in [5, 5.41) is 10.8. The third kappa shape index (κ3) is 3.13. The van der Waals surface area contributed by atoms with Gasteiger partial charge in [-0.3, -0.25) is 14.9 Å². The van der Waals surface area contributed by atoms with Crippen LogP contribution in [0.3, 0.4) is 0 Å². The summed E-state index contributed by atoms with van der Waals surface area (Å²) in [6.07, 6.45) is 0.105. The number of hydrogen-bond acceptors (Lipinski definition) is 3. The first-order valence-electron chi connectivity index (χ1n) is 4.87. The number of Topliss-reactive ketones (excluding diaryl/α,β-unsaturated/α-hetero) is 1. The van der Waals surface area contributed by atoms with Gasteiger partial charge >= 0.3 is 0 Å². The van der Waals surface area contributed by atoms with E-state index in [9.17, 15) is 14.9 Å². The maximum Gasteiger partial charge on any atom is 0.273 e. The molecule has 16 heavy (non-hydrogen) atoms. The zero-order valence-corrected chi connectivity index (χ0v) is 10.7. The van der Waals surface area contributed by atoms with Gasteiger partial charge in [0.2, 0.25) is 0 Å². The maximum absolute atomic E-state index is 11.6. The Morgan fingerprint density at radius 3 is 2.62 bits per heavy atom. The molecule has 0 saturated heterocycles. The Kier molecular flexibility index (Phi) is 4.18. The summed E-state index contributed by atoms with van der Waals surface area (Å²) < 4.78 is 0.740. The number of nitrogens with zero attached hydrogens (tertiary/aromatic N) is 1. The molecule has 1 rings (SSSR count). The van der Waals surface area contributed by atoms with Crippen molar-refractivity contribution >= 4 is 27.4 Å². The molecule has 0 spiro atoms.